The maximum atomic E-state index is 12.2. The Labute approximate surface area is 126 Å². The van der Waals surface area contributed by atoms with Crippen LogP contribution in [0.2, 0.25) is 0 Å². The Kier molecular flexibility index (Phi) is 4.81. The van der Waals surface area contributed by atoms with E-state index < -0.39 is 5.97 Å². The Morgan fingerprint density at radius 2 is 2.05 bits per heavy atom. The zero-order chi connectivity index (χ0) is 14.7. The van der Waals surface area contributed by atoms with E-state index in [0.717, 1.165) is 22.1 Å². The molecule has 1 saturated carbocycles. The zero-order valence-electron chi connectivity index (χ0n) is 11.4. The number of benzene rings is 1. The highest BCUT2D eigenvalue weighted by atomic mass is 79.9. The topological polar surface area (TPSA) is 66.4 Å². The Hall–Kier alpha value is -1.36. The number of carbonyl (C=O) groups excluding carboxylic acids is 1. The molecular weight excluding hydrogens is 322 g/mol. The average molecular weight is 340 g/mol. The first-order valence-corrected chi connectivity index (χ1v) is 7.62. The summed E-state index contributed by atoms with van der Waals surface area (Å²) >= 11 is 3.42. The highest BCUT2D eigenvalue weighted by molar-refractivity contribution is 9.10. The molecule has 0 spiro atoms. The van der Waals surface area contributed by atoms with E-state index in [-0.39, 0.29) is 17.7 Å². The molecule has 1 aliphatic carbocycles. The first-order valence-electron chi connectivity index (χ1n) is 6.83. The molecule has 0 bridgehead atoms. The molecule has 1 amide bonds. The van der Waals surface area contributed by atoms with Crippen molar-refractivity contribution >= 4 is 33.5 Å². The predicted molar refractivity (Wildman–Crippen MR) is 80.6 cm³/mol. The Bertz CT molecular complexity index is 530. The number of carboxylic acids is 1. The third kappa shape index (κ3) is 3.39. The number of aliphatic carboxylic acids is 1. The van der Waals surface area contributed by atoms with Crippen molar-refractivity contribution < 1.29 is 14.7 Å². The molecule has 2 rings (SSSR count). The van der Waals surface area contributed by atoms with E-state index in [2.05, 4.69) is 21.2 Å². The molecule has 0 saturated heterocycles. The van der Waals surface area contributed by atoms with Gasteiger partial charge in [0.2, 0.25) is 5.91 Å². The highest BCUT2D eigenvalue weighted by Crippen LogP contribution is 2.32. The standard InChI is InChI=1S/C15H18BrNO3/c1-2-9-8-12(16)5-6-13(9)17-14(18)10-3-4-11(7-10)15(19)20/h5-6,8,10-11H,2-4,7H2,1H3,(H,17,18)(H,19,20). The number of carboxylic acid groups (broad SMARTS) is 1. The summed E-state index contributed by atoms with van der Waals surface area (Å²) in [4.78, 5) is 23.1. The van der Waals surface area contributed by atoms with Crippen molar-refractivity contribution in [2.45, 2.75) is 32.6 Å². The van der Waals surface area contributed by atoms with Crippen molar-refractivity contribution in [3.63, 3.8) is 0 Å². The summed E-state index contributed by atoms with van der Waals surface area (Å²) < 4.78 is 0.985. The van der Waals surface area contributed by atoms with Crippen molar-refractivity contribution in [2.75, 3.05) is 5.32 Å². The molecule has 4 nitrogen and oxygen atoms in total. The largest absolute Gasteiger partial charge is 0.481 e. The number of amides is 1. The van der Waals surface area contributed by atoms with Crippen LogP contribution in [0.15, 0.2) is 22.7 Å². The Morgan fingerprint density at radius 1 is 1.35 bits per heavy atom. The minimum absolute atomic E-state index is 0.0641. The third-order valence-electron chi connectivity index (χ3n) is 3.86. The molecule has 108 valence electrons. The highest BCUT2D eigenvalue weighted by Gasteiger charge is 2.33. The van der Waals surface area contributed by atoms with Crippen LogP contribution in [0.5, 0.6) is 0 Å². The van der Waals surface area contributed by atoms with Crippen molar-refractivity contribution in [3.8, 4) is 0 Å². The lowest BCUT2D eigenvalue weighted by Crippen LogP contribution is -2.22. The first kappa shape index (κ1) is 15.0. The second kappa shape index (κ2) is 6.39. The second-order valence-electron chi connectivity index (χ2n) is 5.19. The number of nitrogens with one attached hydrogen (secondary N) is 1. The monoisotopic (exact) mass is 339 g/mol. The molecule has 1 aromatic carbocycles. The number of hydrogen-bond acceptors (Lipinski definition) is 2. The van der Waals surface area contributed by atoms with E-state index in [0.29, 0.717) is 19.3 Å². The van der Waals surface area contributed by atoms with Gasteiger partial charge in [-0.1, -0.05) is 22.9 Å². The van der Waals surface area contributed by atoms with Gasteiger partial charge in [0.15, 0.2) is 0 Å². The summed E-state index contributed by atoms with van der Waals surface area (Å²) in [6.07, 6.45) is 2.52. The molecule has 2 atom stereocenters. The fraction of sp³-hybridized carbons (Fsp3) is 0.467. The van der Waals surface area contributed by atoms with Crippen molar-refractivity contribution in [1.82, 2.24) is 0 Å². The quantitative estimate of drug-likeness (QED) is 0.882. The lowest BCUT2D eigenvalue weighted by Gasteiger charge is -2.14. The van der Waals surface area contributed by atoms with Gasteiger partial charge in [-0.25, -0.2) is 0 Å². The summed E-state index contributed by atoms with van der Waals surface area (Å²) in [6, 6.07) is 5.76. The molecule has 1 fully saturated rings. The van der Waals surface area contributed by atoms with Crippen LogP contribution in [0, 0.1) is 11.8 Å². The van der Waals surface area contributed by atoms with Crippen LogP contribution in [0.4, 0.5) is 5.69 Å². The molecule has 0 heterocycles. The molecule has 0 aliphatic heterocycles. The normalized spacial score (nSPS) is 21.7. The van der Waals surface area contributed by atoms with Gasteiger partial charge < -0.3 is 10.4 Å². The van der Waals surface area contributed by atoms with E-state index >= 15 is 0 Å². The molecule has 1 aromatic rings. The minimum Gasteiger partial charge on any atom is -0.481 e. The van der Waals surface area contributed by atoms with Crippen LogP contribution < -0.4 is 5.32 Å². The van der Waals surface area contributed by atoms with Crippen molar-refractivity contribution in [2.24, 2.45) is 11.8 Å². The maximum absolute atomic E-state index is 12.2. The van der Waals surface area contributed by atoms with Crippen LogP contribution in [0.25, 0.3) is 0 Å². The van der Waals surface area contributed by atoms with Gasteiger partial charge in [0, 0.05) is 16.1 Å². The fourth-order valence-electron chi connectivity index (χ4n) is 2.66. The summed E-state index contributed by atoms with van der Waals surface area (Å²) in [6.45, 7) is 2.04. The predicted octanol–water partition coefficient (Wildman–Crippen LogP) is 3.45. The van der Waals surface area contributed by atoms with E-state index in [1.807, 2.05) is 25.1 Å². The molecule has 1 aliphatic rings. The van der Waals surface area contributed by atoms with Gasteiger partial charge in [-0.05, 0) is 49.4 Å². The second-order valence-corrected chi connectivity index (χ2v) is 6.11. The SMILES string of the molecule is CCc1cc(Br)ccc1NC(=O)C1CCC(C(=O)O)C1. The van der Waals surface area contributed by atoms with Crippen LogP contribution in [0.3, 0.4) is 0 Å². The zero-order valence-corrected chi connectivity index (χ0v) is 12.9. The number of aryl methyl sites for hydroxylation is 1. The smallest absolute Gasteiger partial charge is 0.306 e. The van der Waals surface area contributed by atoms with Gasteiger partial charge in [0.25, 0.3) is 0 Å². The molecule has 2 unspecified atom stereocenters. The summed E-state index contributed by atoms with van der Waals surface area (Å²) in [5, 5.41) is 11.9. The van der Waals surface area contributed by atoms with Gasteiger partial charge >= 0.3 is 5.97 Å². The van der Waals surface area contributed by atoms with Crippen LogP contribution >= 0.6 is 15.9 Å². The summed E-state index contributed by atoms with van der Waals surface area (Å²) in [7, 11) is 0. The number of hydrogen-bond donors (Lipinski definition) is 2. The van der Waals surface area contributed by atoms with Crippen LogP contribution in [-0.4, -0.2) is 17.0 Å². The van der Waals surface area contributed by atoms with Crippen molar-refractivity contribution in [1.29, 1.82) is 0 Å². The third-order valence-corrected chi connectivity index (χ3v) is 4.35. The number of halogens is 1. The minimum atomic E-state index is -0.793. The van der Waals surface area contributed by atoms with E-state index in [4.69, 9.17) is 5.11 Å². The maximum Gasteiger partial charge on any atom is 0.306 e. The Morgan fingerprint density at radius 3 is 2.65 bits per heavy atom. The van der Waals surface area contributed by atoms with Gasteiger partial charge in [0.05, 0.1) is 5.92 Å². The van der Waals surface area contributed by atoms with Gasteiger partial charge in [0.1, 0.15) is 0 Å². The number of anilines is 1. The molecule has 20 heavy (non-hydrogen) atoms. The van der Waals surface area contributed by atoms with Crippen LogP contribution in [0.1, 0.15) is 31.7 Å². The van der Waals surface area contributed by atoms with E-state index in [1.165, 1.54) is 0 Å². The first-order chi connectivity index (χ1) is 9.51. The molecule has 0 aromatic heterocycles. The Balaban J connectivity index is 2.04. The lowest BCUT2D eigenvalue weighted by atomic mass is 10.0. The van der Waals surface area contributed by atoms with Gasteiger partial charge in [-0.2, -0.15) is 0 Å². The fourth-order valence-corrected chi connectivity index (χ4v) is 3.06. The summed E-state index contributed by atoms with van der Waals surface area (Å²) in [5.74, 6) is -1.42. The van der Waals surface area contributed by atoms with E-state index in [1.54, 1.807) is 0 Å². The van der Waals surface area contributed by atoms with Crippen LogP contribution in [-0.2, 0) is 16.0 Å². The molecule has 5 heteroatoms. The van der Waals surface area contributed by atoms with Gasteiger partial charge in [-0.15, -0.1) is 0 Å². The number of carbonyl (C=O) groups is 2. The van der Waals surface area contributed by atoms with Gasteiger partial charge in [-0.3, -0.25) is 9.59 Å². The van der Waals surface area contributed by atoms with Crippen molar-refractivity contribution in [3.05, 3.63) is 28.2 Å². The van der Waals surface area contributed by atoms with E-state index in [9.17, 15) is 9.59 Å². The lowest BCUT2D eigenvalue weighted by molar-refractivity contribution is -0.141. The molecular formula is C15H18BrNO3. The molecule has 2 N–H and O–H groups in total. The average Bonchev–Trinajstić information content (AvgIpc) is 2.90. The summed E-state index contributed by atoms with van der Waals surface area (Å²) in [5.41, 5.74) is 1.89. The number of rotatable bonds is 4. The molecule has 0 radical (unpaired) electrons.